The Kier molecular flexibility index (Phi) is 12.0. The van der Waals surface area contributed by atoms with Gasteiger partial charge >= 0.3 is 16.5 Å². The van der Waals surface area contributed by atoms with Gasteiger partial charge in [-0.2, -0.15) is 0 Å². The van der Waals surface area contributed by atoms with Crippen molar-refractivity contribution in [3.05, 3.63) is 0 Å². The Hall–Kier alpha value is -0.0000000000000000763. The van der Waals surface area contributed by atoms with E-state index < -0.39 is 16.5 Å². The first-order valence-corrected chi connectivity index (χ1v) is 5.53. The van der Waals surface area contributed by atoms with Gasteiger partial charge in [0.15, 0.2) is 4.31 Å². The van der Waals surface area contributed by atoms with Gasteiger partial charge in [0.25, 0.3) is 0 Å². The molecular formula is C4H13NO6P2+2. The zero-order valence-electron chi connectivity index (χ0n) is 7.03. The summed E-state index contributed by atoms with van der Waals surface area (Å²) in [4.78, 5) is 15.3. The van der Waals surface area contributed by atoms with Crippen molar-refractivity contribution in [1.82, 2.24) is 0 Å². The van der Waals surface area contributed by atoms with Gasteiger partial charge in [-0.15, -0.1) is 9.79 Å². The number of rotatable bonds is 4. The molecule has 0 aromatic heterocycles. The van der Waals surface area contributed by atoms with Crippen LogP contribution in [0.2, 0.25) is 0 Å². The Labute approximate surface area is 77.4 Å². The fourth-order valence-corrected chi connectivity index (χ4v) is 0.741. The van der Waals surface area contributed by atoms with Gasteiger partial charge in [-0.1, -0.05) is 0 Å². The summed E-state index contributed by atoms with van der Waals surface area (Å²) in [6, 6.07) is 0.148. The Balaban J connectivity index is 0. The maximum absolute atomic E-state index is 9.39. The molecule has 78 valence electrons. The Morgan fingerprint density at radius 1 is 1.38 bits per heavy atom. The highest BCUT2D eigenvalue weighted by atomic mass is 31.2. The normalized spacial score (nSPS) is 13.9. The van der Waals surface area contributed by atoms with Gasteiger partial charge in [0.2, 0.25) is 0 Å². The molecule has 0 aromatic carbocycles. The van der Waals surface area contributed by atoms with E-state index >= 15 is 0 Å². The lowest BCUT2D eigenvalue weighted by molar-refractivity contribution is 0.279. The molecule has 3 atom stereocenters. The van der Waals surface area contributed by atoms with Crippen molar-refractivity contribution >= 4 is 16.5 Å². The Bertz CT molecular complexity index is 151. The van der Waals surface area contributed by atoms with Gasteiger partial charge in [-0.05, 0) is 13.3 Å². The molecule has 5 N–H and O–H groups in total. The van der Waals surface area contributed by atoms with Crippen molar-refractivity contribution in [2.75, 3.05) is 6.61 Å². The molecule has 0 amide bonds. The fourth-order valence-electron chi connectivity index (χ4n) is 0.263. The van der Waals surface area contributed by atoms with E-state index in [2.05, 4.69) is 4.31 Å². The third-order valence-electron chi connectivity index (χ3n) is 0.724. The molecule has 13 heavy (non-hydrogen) atoms. The molecule has 3 unspecified atom stereocenters. The number of hydrogen-bond donors (Lipinski definition) is 4. The summed E-state index contributed by atoms with van der Waals surface area (Å²) in [5.74, 6) is 0. The van der Waals surface area contributed by atoms with Crippen molar-refractivity contribution in [2.45, 2.75) is 19.4 Å². The number of nitrogens with two attached hydrogens (primary N) is 1. The molecule has 0 radical (unpaired) electrons. The second-order valence-electron chi connectivity index (χ2n) is 2.05. The molecule has 7 nitrogen and oxygen atoms in total. The molecule has 0 aliphatic rings. The van der Waals surface area contributed by atoms with Crippen molar-refractivity contribution in [1.29, 1.82) is 0 Å². The molecule has 0 aromatic rings. The fraction of sp³-hybridized carbons (Fsp3) is 1.00. The lowest BCUT2D eigenvalue weighted by Crippen LogP contribution is -2.15. The lowest BCUT2D eigenvalue weighted by atomic mass is 10.3. The van der Waals surface area contributed by atoms with Gasteiger partial charge in [0, 0.05) is 21.8 Å². The van der Waals surface area contributed by atoms with Crippen LogP contribution >= 0.6 is 16.5 Å². The van der Waals surface area contributed by atoms with E-state index in [1.54, 1.807) is 0 Å². The van der Waals surface area contributed by atoms with Crippen LogP contribution in [0.3, 0.4) is 0 Å². The van der Waals surface area contributed by atoms with Crippen LogP contribution in [-0.4, -0.2) is 27.5 Å². The molecule has 0 aliphatic heterocycles. The van der Waals surface area contributed by atoms with Crippen molar-refractivity contribution in [3.8, 4) is 0 Å². The highest BCUT2D eigenvalue weighted by Gasteiger charge is 2.31. The smallest absolute Gasteiger partial charge is 0.396 e. The summed E-state index contributed by atoms with van der Waals surface area (Å²) in [7, 11) is -5.85. The summed E-state index contributed by atoms with van der Waals surface area (Å²) in [6.07, 6.45) is 0.708. The second kappa shape index (κ2) is 10.1. The van der Waals surface area contributed by atoms with Gasteiger partial charge in [0.05, 0.1) is 0 Å². The molecule has 0 saturated carbocycles. The molecule has 0 bridgehead atoms. The van der Waals surface area contributed by atoms with E-state index in [0.717, 1.165) is 0 Å². The standard InChI is InChI=1S/C4H11NO.O5P2/c1-4(5)2-3-6;1-6(2)5-7(3)4/h4,6H,2-3,5H2,1H3;/p+2. The maximum atomic E-state index is 9.39. The van der Waals surface area contributed by atoms with Crippen LogP contribution in [0.5, 0.6) is 0 Å². The average Bonchev–Trinajstić information content (AvgIpc) is 1.83. The van der Waals surface area contributed by atoms with Crippen molar-refractivity contribution < 1.29 is 28.3 Å². The van der Waals surface area contributed by atoms with Crippen LogP contribution in [0.4, 0.5) is 0 Å². The SMILES string of the molecule is CC(N)CCO.O=[P+](O)O[P+](=O)O. The van der Waals surface area contributed by atoms with E-state index in [1.807, 2.05) is 6.92 Å². The summed E-state index contributed by atoms with van der Waals surface area (Å²) >= 11 is 0. The third kappa shape index (κ3) is 24.5. The molecule has 0 heterocycles. The topological polar surface area (TPSA) is 130 Å². The van der Waals surface area contributed by atoms with E-state index in [9.17, 15) is 9.13 Å². The van der Waals surface area contributed by atoms with Gasteiger partial charge in [-0.25, -0.2) is 0 Å². The maximum Gasteiger partial charge on any atom is 0.745 e. The van der Waals surface area contributed by atoms with Crippen LogP contribution < -0.4 is 5.73 Å². The highest BCUT2D eigenvalue weighted by Crippen LogP contribution is 2.30. The summed E-state index contributed by atoms with van der Waals surface area (Å²) in [6.45, 7) is 2.08. The van der Waals surface area contributed by atoms with Crippen molar-refractivity contribution in [2.24, 2.45) is 5.73 Å². The molecular weight excluding hydrogens is 220 g/mol. The molecule has 0 aliphatic carbocycles. The summed E-state index contributed by atoms with van der Waals surface area (Å²) < 4.78 is 22.2. The minimum absolute atomic E-state index is 0.148. The zero-order chi connectivity index (χ0) is 10.9. The Morgan fingerprint density at radius 2 is 1.77 bits per heavy atom. The van der Waals surface area contributed by atoms with E-state index in [1.165, 1.54) is 0 Å². The van der Waals surface area contributed by atoms with E-state index in [4.69, 9.17) is 20.6 Å². The van der Waals surface area contributed by atoms with Crippen LogP contribution in [0, 0.1) is 0 Å². The summed E-state index contributed by atoms with van der Waals surface area (Å²) in [5, 5.41) is 8.16. The first-order chi connectivity index (χ1) is 5.90. The largest absolute Gasteiger partial charge is 0.745 e. The first-order valence-electron chi connectivity index (χ1n) is 3.27. The highest BCUT2D eigenvalue weighted by molar-refractivity contribution is 7.46. The van der Waals surface area contributed by atoms with E-state index in [0.29, 0.717) is 6.42 Å². The van der Waals surface area contributed by atoms with Crippen LogP contribution in [-0.2, 0) is 13.4 Å². The second-order valence-corrected chi connectivity index (χ2v) is 3.65. The van der Waals surface area contributed by atoms with Gasteiger partial charge in [0.1, 0.15) is 0 Å². The van der Waals surface area contributed by atoms with Crippen LogP contribution in [0.1, 0.15) is 13.3 Å². The molecule has 0 fully saturated rings. The first kappa shape index (κ1) is 15.5. The van der Waals surface area contributed by atoms with Gasteiger partial charge in [-0.3, -0.25) is 0 Å². The zero-order valence-corrected chi connectivity index (χ0v) is 8.82. The molecule has 0 spiro atoms. The molecule has 0 saturated heterocycles. The monoisotopic (exact) mass is 233 g/mol. The van der Waals surface area contributed by atoms with E-state index in [-0.39, 0.29) is 12.6 Å². The van der Waals surface area contributed by atoms with Crippen LogP contribution in [0.25, 0.3) is 0 Å². The Morgan fingerprint density at radius 3 is 1.77 bits per heavy atom. The molecule has 9 heteroatoms. The van der Waals surface area contributed by atoms with Gasteiger partial charge < -0.3 is 10.8 Å². The number of aliphatic hydroxyl groups excluding tert-OH is 1. The molecule has 0 rings (SSSR count). The summed E-state index contributed by atoms with van der Waals surface area (Å²) in [5.41, 5.74) is 5.24. The number of hydrogen-bond acceptors (Lipinski definition) is 5. The average molecular weight is 233 g/mol. The minimum atomic E-state index is -2.92. The quantitative estimate of drug-likeness (QED) is 0.503. The minimum Gasteiger partial charge on any atom is -0.396 e. The van der Waals surface area contributed by atoms with Crippen molar-refractivity contribution in [3.63, 3.8) is 0 Å². The predicted octanol–water partition coefficient (Wildman–Crippen LogP) is 0.0184. The lowest BCUT2D eigenvalue weighted by Gasteiger charge is -1.96. The number of aliphatic hydroxyl groups is 1. The predicted molar refractivity (Wildman–Crippen MR) is 46.1 cm³/mol. The third-order valence-corrected chi connectivity index (χ3v) is 1.84. The van der Waals surface area contributed by atoms with Crippen LogP contribution in [0.15, 0.2) is 0 Å².